The number of unbranched alkanes of at least 4 members (excludes halogenated alkanes) is 3. The zero-order valence-corrected chi connectivity index (χ0v) is 16.3. The second-order valence-corrected chi connectivity index (χ2v) is 7.57. The van der Waals surface area contributed by atoms with Gasteiger partial charge in [-0.3, -0.25) is 9.59 Å². The molecule has 0 radical (unpaired) electrons. The van der Waals surface area contributed by atoms with Crippen molar-refractivity contribution in [1.29, 1.82) is 0 Å². The first kappa shape index (κ1) is 20.7. The number of amides is 1. The lowest BCUT2D eigenvalue weighted by atomic mass is 9.93. The monoisotopic (exact) mass is 372 g/mol. The van der Waals surface area contributed by atoms with Gasteiger partial charge in [0.2, 0.25) is 5.78 Å². The maximum absolute atomic E-state index is 12.4. The van der Waals surface area contributed by atoms with Gasteiger partial charge in [0.15, 0.2) is 5.78 Å². The lowest BCUT2D eigenvalue weighted by Crippen LogP contribution is -2.33. The van der Waals surface area contributed by atoms with Gasteiger partial charge in [-0.15, -0.1) is 0 Å². The zero-order valence-electron chi connectivity index (χ0n) is 16.3. The largest absolute Gasteiger partial charge is 0.444 e. The number of benzene rings is 1. The van der Waals surface area contributed by atoms with Crippen LogP contribution in [-0.4, -0.2) is 36.4 Å². The Hall–Kier alpha value is -2.63. The highest BCUT2D eigenvalue weighted by Gasteiger charge is 2.24. The summed E-state index contributed by atoms with van der Waals surface area (Å²) >= 11 is 0. The summed E-state index contributed by atoms with van der Waals surface area (Å²) in [7, 11) is 0. The number of ether oxygens (including phenoxy) is 1. The first-order chi connectivity index (χ1) is 12.8. The first-order valence-electron chi connectivity index (χ1n) is 9.38. The van der Waals surface area contributed by atoms with E-state index in [0.29, 0.717) is 29.9 Å². The second-order valence-electron chi connectivity index (χ2n) is 7.57. The molecule has 1 aliphatic carbocycles. The van der Waals surface area contributed by atoms with Crippen LogP contribution in [0, 0.1) is 0 Å². The molecule has 0 aliphatic heterocycles. The number of carbonyl (C=O) groups is 3. The van der Waals surface area contributed by atoms with Crippen molar-refractivity contribution < 1.29 is 19.1 Å². The third-order valence-electron chi connectivity index (χ3n) is 4.04. The molecule has 0 saturated heterocycles. The fourth-order valence-corrected chi connectivity index (χ4v) is 2.78. The number of carbonyl (C=O) groups excluding carboxylic acids is 3. The average molecular weight is 372 g/mol. The Bertz CT molecular complexity index is 732. The highest BCUT2D eigenvalue weighted by molar-refractivity contribution is 6.24. The number of Topliss-reactive ketones (excluding diaryl/α,β-unsaturated/α-hetero) is 1. The first-order valence-corrected chi connectivity index (χ1v) is 9.38. The van der Waals surface area contributed by atoms with Crippen LogP contribution in [-0.2, 0) is 4.74 Å². The van der Waals surface area contributed by atoms with E-state index in [2.05, 4.69) is 10.6 Å². The minimum absolute atomic E-state index is 0.133. The number of hydrogen-bond acceptors (Lipinski definition) is 5. The van der Waals surface area contributed by atoms with Gasteiger partial charge in [-0.05, 0) is 33.6 Å². The highest BCUT2D eigenvalue weighted by atomic mass is 16.6. The van der Waals surface area contributed by atoms with E-state index in [1.165, 1.54) is 6.08 Å². The molecular weight excluding hydrogens is 344 g/mol. The number of rotatable bonds is 8. The predicted octanol–water partition coefficient (Wildman–Crippen LogP) is 3.62. The van der Waals surface area contributed by atoms with Crippen LogP contribution in [0.3, 0.4) is 0 Å². The summed E-state index contributed by atoms with van der Waals surface area (Å²) in [4.78, 5) is 36.0. The summed E-state index contributed by atoms with van der Waals surface area (Å²) in [6.07, 6.45) is 4.67. The van der Waals surface area contributed by atoms with E-state index in [1.807, 2.05) is 20.8 Å². The number of fused-ring (bicyclic) bond motifs is 1. The maximum atomic E-state index is 12.4. The van der Waals surface area contributed by atoms with Gasteiger partial charge in [-0.2, -0.15) is 0 Å². The lowest BCUT2D eigenvalue weighted by molar-refractivity contribution is 0.0526. The summed E-state index contributed by atoms with van der Waals surface area (Å²) < 4.78 is 5.17. The van der Waals surface area contributed by atoms with E-state index in [9.17, 15) is 14.4 Å². The Kier molecular flexibility index (Phi) is 7.16. The number of nitrogens with one attached hydrogen (secondary N) is 2. The normalized spacial score (nSPS) is 13.7. The molecule has 2 N–H and O–H groups in total. The summed E-state index contributed by atoms with van der Waals surface area (Å²) in [5.74, 6) is -0.271. The Labute approximate surface area is 160 Å². The Morgan fingerprint density at radius 1 is 0.963 bits per heavy atom. The van der Waals surface area contributed by atoms with E-state index in [-0.39, 0.29) is 11.6 Å². The molecule has 0 bridgehead atoms. The maximum Gasteiger partial charge on any atom is 0.407 e. The summed E-state index contributed by atoms with van der Waals surface area (Å²) in [6, 6.07) is 6.88. The predicted molar refractivity (Wildman–Crippen MR) is 104 cm³/mol. The molecule has 0 heterocycles. The van der Waals surface area contributed by atoms with Crippen LogP contribution in [0.1, 0.15) is 67.2 Å². The van der Waals surface area contributed by atoms with Crippen molar-refractivity contribution in [3.8, 4) is 0 Å². The molecular formula is C21H28N2O4. The van der Waals surface area contributed by atoms with Crippen molar-refractivity contribution in [3.63, 3.8) is 0 Å². The molecule has 27 heavy (non-hydrogen) atoms. The van der Waals surface area contributed by atoms with E-state index in [4.69, 9.17) is 4.74 Å². The van der Waals surface area contributed by atoms with Gasteiger partial charge >= 0.3 is 6.09 Å². The topological polar surface area (TPSA) is 84.5 Å². The Morgan fingerprint density at radius 2 is 1.59 bits per heavy atom. The molecule has 0 fully saturated rings. The third kappa shape index (κ3) is 6.55. The van der Waals surface area contributed by atoms with E-state index in [0.717, 1.165) is 25.7 Å². The molecule has 0 unspecified atom stereocenters. The van der Waals surface area contributed by atoms with Gasteiger partial charge in [-0.1, -0.05) is 37.1 Å². The zero-order chi connectivity index (χ0) is 19.9. The van der Waals surface area contributed by atoms with Crippen molar-refractivity contribution in [2.45, 2.75) is 52.1 Å². The molecule has 1 aromatic carbocycles. The van der Waals surface area contributed by atoms with Crippen molar-refractivity contribution in [1.82, 2.24) is 10.6 Å². The van der Waals surface area contributed by atoms with Gasteiger partial charge in [0.1, 0.15) is 5.60 Å². The molecule has 1 amide bonds. The number of allylic oxidation sites excluding steroid dienone is 2. The molecule has 0 atom stereocenters. The van der Waals surface area contributed by atoms with Crippen LogP contribution >= 0.6 is 0 Å². The number of alkyl carbamates (subject to hydrolysis) is 1. The molecule has 2 rings (SSSR count). The van der Waals surface area contributed by atoms with Crippen LogP contribution in [0.2, 0.25) is 0 Å². The van der Waals surface area contributed by atoms with Gasteiger partial charge in [0, 0.05) is 30.3 Å². The van der Waals surface area contributed by atoms with Crippen LogP contribution in [0.15, 0.2) is 36.0 Å². The molecule has 6 heteroatoms. The molecule has 1 aromatic rings. The van der Waals surface area contributed by atoms with Crippen LogP contribution in [0.4, 0.5) is 4.79 Å². The van der Waals surface area contributed by atoms with Crippen molar-refractivity contribution in [2.24, 2.45) is 0 Å². The minimum atomic E-state index is -0.483. The van der Waals surface area contributed by atoms with E-state index in [1.54, 1.807) is 24.3 Å². The van der Waals surface area contributed by atoms with Crippen LogP contribution < -0.4 is 10.6 Å². The SMILES string of the molecule is CC(C)(C)OC(=O)NCCCCCCNC1=CC(=O)c2ccccc2C1=O. The smallest absolute Gasteiger partial charge is 0.407 e. The molecule has 0 spiro atoms. The number of ketones is 2. The van der Waals surface area contributed by atoms with Gasteiger partial charge in [-0.25, -0.2) is 4.79 Å². The molecule has 0 aromatic heterocycles. The van der Waals surface area contributed by atoms with Crippen molar-refractivity contribution >= 4 is 17.7 Å². The molecule has 146 valence electrons. The van der Waals surface area contributed by atoms with Gasteiger partial charge in [0.25, 0.3) is 0 Å². The van der Waals surface area contributed by atoms with Gasteiger partial charge in [0.05, 0.1) is 5.70 Å². The molecule has 1 aliphatic rings. The van der Waals surface area contributed by atoms with E-state index < -0.39 is 11.7 Å². The Balaban J connectivity index is 1.61. The lowest BCUT2D eigenvalue weighted by Gasteiger charge is -2.19. The molecule has 0 saturated carbocycles. The standard InChI is InChI=1S/C21H28N2O4/c1-21(2,3)27-20(26)23-13-9-5-4-8-12-22-17-14-18(24)15-10-6-7-11-16(15)19(17)25/h6-7,10-11,14,22H,4-5,8-9,12-13H2,1-3H3,(H,23,26). The van der Waals surface area contributed by atoms with Crippen molar-refractivity contribution in [2.75, 3.05) is 13.1 Å². The van der Waals surface area contributed by atoms with Gasteiger partial charge < -0.3 is 15.4 Å². The summed E-state index contributed by atoms with van der Waals surface area (Å²) in [6.45, 7) is 6.71. The summed E-state index contributed by atoms with van der Waals surface area (Å²) in [5, 5.41) is 5.81. The third-order valence-corrected chi connectivity index (χ3v) is 4.04. The fraction of sp³-hybridized carbons (Fsp3) is 0.476. The fourth-order valence-electron chi connectivity index (χ4n) is 2.78. The molecule has 6 nitrogen and oxygen atoms in total. The quantitative estimate of drug-likeness (QED) is 0.681. The minimum Gasteiger partial charge on any atom is -0.444 e. The average Bonchev–Trinajstić information content (AvgIpc) is 2.59. The van der Waals surface area contributed by atoms with Crippen LogP contribution in [0.5, 0.6) is 0 Å². The van der Waals surface area contributed by atoms with Crippen molar-refractivity contribution in [3.05, 3.63) is 47.2 Å². The Morgan fingerprint density at radius 3 is 2.26 bits per heavy atom. The van der Waals surface area contributed by atoms with E-state index >= 15 is 0 Å². The second kappa shape index (κ2) is 9.35. The number of hydrogen-bond donors (Lipinski definition) is 2. The highest BCUT2D eigenvalue weighted by Crippen LogP contribution is 2.19. The summed E-state index contributed by atoms with van der Waals surface area (Å²) in [5.41, 5.74) is 0.805. The van der Waals surface area contributed by atoms with Crippen LogP contribution in [0.25, 0.3) is 0 Å².